The fraction of sp³-hybridized carbons (Fsp3) is 0.579. The molecule has 4 nitrogen and oxygen atoms in total. The predicted molar refractivity (Wildman–Crippen MR) is 92.1 cm³/mol. The van der Waals surface area contributed by atoms with Gasteiger partial charge < -0.3 is 10.2 Å². The van der Waals surface area contributed by atoms with E-state index in [2.05, 4.69) is 5.32 Å². The average molecular weight is 316 g/mol. The summed E-state index contributed by atoms with van der Waals surface area (Å²) in [6.07, 6.45) is 2.53. The van der Waals surface area contributed by atoms with Crippen molar-refractivity contribution >= 4 is 11.8 Å². The van der Waals surface area contributed by atoms with Gasteiger partial charge in [-0.15, -0.1) is 0 Å². The van der Waals surface area contributed by atoms with Gasteiger partial charge in [0.05, 0.1) is 0 Å². The number of hydrogen-bond donors (Lipinski definition) is 1. The Morgan fingerprint density at radius 2 is 1.70 bits per heavy atom. The summed E-state index contributed by atoms with van der Waals surface area (Å²) in [6, 6.07) is 9.60. The summed E-state index contributed by atoms with van der Waals surface area (Å²) in [7, 11) is 0. The quantitative estimate of drug-likeness (QED) is 0.877. The third-order valence-electron chi connectivity index (χ3n) is 4.53. The lowest BCUT2D eigenvalue weighted by Crippen LogP contribution is -2.50. The lowest BCUT2D eigenvalue weighted by Gasteiger charge is -2.27. The van der Waals surface area contributed by atoms with Gasteiger partial charge in [0.2, 0.25) is 11.8 Å². The highest BCUT2D eigenvalue weighted by Gasteiger charge is 2.30. The van der Waals surface area contributed by atoms with E-state index in [-0.39, 0.29) is 23.7 Å². The van der Waals surface area contributed by atoms with Crippen LogP contribution in [0.25, 0.3) is 0 Å². The second kappa shape index (κ2) is 8.14. The van der Waals surface area contributed by atoms with Crippen molar-refractivity contribution in [1.82, 2.24) is 10.2 Å². The molecule has 0 aromatic heterocycles. The van der Waals surface area contributed by atoms with E-state index in [9.17, 15) is 9.59 Å². The molecule has 23 heavy (non-hydrogen) atoms. The maximum atomic E-state index is 12.6. The second-order valence-corrected chi connectivity index (χ2v) is 6.84. The van der Waals surface area contributed by atoms with E-state index in [1.807, 2.05) is 56.0 Å². The van der Waals surface area contributed by atoms with Crippen molar-refractivity contribution in [2.75, 3.05) is 13.1 Å². The fourth-order valence-electron chi connectivity index (χ4n) is 3.06. The molecular weight excluding hydrogens is 288 g/mol. The molecule has 2 rings (SSSR count). The Labute approximate surface area is 139 Å². The lowest BCUT2D eigenvalue weighted by molar-refractivity contribution is -0.136. The topological polar surface area (TPSA) is 49.4 Å². The van der Waals surface area contributed by atoms with E-state index in [0.29, 0.717) is 6.42 Å². The molecule has 1 aliphatic heterocycles. The molecule has 1 unspecified atom stereocenters. The molecule has 1 saturated heterocycles. The summed E-state index contributed by atoms with van der Waals surface area (Å²) in [5, 5.41) is 2.96. The van der Waals surface area contributed by atoms with Crippen LogP contribution in [0, 0.1) is 5.92 Å². The fourth-order valence-corrected chi connectivity index (χ4v) is 3.06. The Hall–Kier alpha value is -1.84. The van der Waals surface area contributed by atoms with Crippen LogP contribution in [0.4, 0.5) is 0 Å². The molecule has 126 valence electrons. The van der Waals surface area contributed by atoms with Crippen molar-refractivity contribution in [3.63, 3.8) is 0 Å². The molecule has 2 atom stereocenters. The molecule has 1 N–H and O–H groups in total. The van der Waals surface area contributed by atoms with Crippen molar-refractivity contribution in [3.8, 4) is 0 Å². The van der Waals surface area contributed by atoms with Crippen LogP contribution < -0.4 is 5.32 Å². The summed E-state index contributed by atoms with van der Waals surface area (Å²) in [5.74, 6) is 0.260. The van der Waals surface area contributed by atoms with E-state index >= 15 is 0 Å². The Morgan fingerprint density at radius 3 is 2.26 bits per heavy atom. The Kier molecular flexibility index (Phi) is 6.20. The first-order valence-electron chi connectivity index (χ1n) is 8.62. The van der Waals surface area contributed by atoms with E-state index in [4.69, 9.17) is 0 Å². The number of rotatable bonds is 6. The van der Waals surface area contributed by atoms with E-state index < -0.39 is 6.04 Å². The molecule has 0 radical (unpaired) electrons. The van der Waals surface area contributed by atoms with Gasteiger partial charge in [-0.25, -0.2) is 0 Å². The minimum atomic E-state index is -0.413. The molecule has 1 heterocycles. The minimum Gasteiger partial charge on any atom is -0.344 e. The Bertz CT molecular complexity index is 521. The van der Waals surface area contributed by atoms with Crippen molar-refractivity contribution in [2.24, 2.45) is 5.92 Å². The molecular formula is C19H28N2O2. The number of carbonyl (C=O) groups is 2. The zero-order valence-corrected chi connectivity index (χ0v) is 14.4. The molecule has 0 aliphatic carbocycles. The third-order valence-corrected chi connectivity index (χ3v) is 4.53. The highest BCUT2D eigenvalue weighted by molar-refractivity contribution is 5.88. The van der Waals surface area contributed by atoms with Gasteiger partial charge in [0, 0.05) is 19.5 Å². The number of nitrogens with one attached hydrogen (secondary N) is 1. The van der Waals surface area contributed by atoms with Crippen molar-refractivity contribution in [3.05, 3.63) is 35.9 Å². The second-order valence-electron chi connectivity index (χ2n) is 6.84. The smallest absolute Gasteiger partial charge is 0.245 e. The first-order valence-corrected chi connectivity index (χ1v) is 8.62. The maximum absolute atomic E-state index is 12.6. The normalized spacial score (nSPS) is 17.1. The highest BCUT2D eigenvalue weighted by atomic mass is 16.2. The molecule has 1 aromatic carbocycles. The van der Waals surface area contributed by atoms with Gasteiger partial charge in [-0.3, -0.25) is 9.59 Å². The maximum Gasteiger partial charge on any atom is 0.245 e. The van der Waals surface area contributed by atoms with Crippen LogP contribution in [0.5, 0.6) is 0 Å². The van der Waals surface area contributed by atoms with E-state index in [1.54, 1.807) is 0 Å². The number of nitrogens with zero attached hydrogens (tertiary/aromatic N) is 1. The Balaban J connectivity index is 1.94. The molecule has 1 aromatic rings. The Morgan fingerprint density at radius 1 is 1.09 bits per heavy atom. The minimum absolute atomic E-state index is 0.0485. The van der Waals surface area contributed by atoms with Gasteiger partial charge in [0.1, 0.15) is 6.04 Å². The van der Waals surface area contributed by atoms with Crippen LogP contribution in [-0.2, 0) is 9.59 Å². The molecule has 4 heteroatoms. The first kappa shape index (κ1) is 17.5. The summed E-state index contributed by atoms with van der Waals surface area (Å²) < 4.78 is 0. The van der Waals surface area contributed by atoms with Crippen LogP contribution in [0.1, 0.15) is 51.5 Å². The average Bonchev–Trinajstić information content (AvgIpc) is 3.07. The number of amides is 2. The van der Waals surface area contributed by atoms with Crippen LogP contribution in [0.2, 0.25) is 0 Å². The van der Waals surface area contributed by atoms with Crippen LogP contribution in [0.3, 0.4) is 0 Å². The first-order chi connectivity index (χ1) is 11.0. The summed E-state index contributed by atoms with van der Waals surface area (Å²) in [4.78, 5) is 26.8. The van der Waals surface area contributed by atoms with Gasteiger partial charge in [-0.2, -0.15) is 0 Å². The summed E-state index contributed by atoms with van der Waals surface area (Å²) in [6.45, 7) is 7.65. The van der Waals surface area contributed by atoms with Gasteiger partial charge in [-0.1, -0.05) is 51.1 Å². The largest absolute Gasteiger partial charge is 0.344 e. The number of carbonyl (C=O) groups excluding carboxylic acids is 2. The molecule has 0 saturated carbocycles. The SMILES string of the molecule is CC(CC(=O)N[C@H](C(=O)N1CCCC1)C(C)C)c1ccccc1. The zero-order valence-electron chi connectivity index (χ0n) is 14.4. The van der Waals surface area contributed by atoms with E-state index in [1.165, 1.54) is 0 Å². The van der Waals surface area contributed by atoms with Gasteiger partial charge in [0.15, 0.2) is 0 Å². The molecule has 0 spiro atoms. The van der Waals surface area contributed by atoms with Gasteiger partial charge in [-0.05, 0) is 30.2 Å². The molecule has 0 bridgehead atoms. The predicted octanol–water partition coefficient (Wildman–Crippen LogP) is 2.94. The molecule has 1 aliphatic rings. The number of likely N-dealkylation sites (tertiary alicyclic amines) is 1. The van der Waals surface area contributed by atoms with Crippen molar-refractivity contribution in [2.45, 2.75) is 52.0 Å². The van der Waals surface area contributed by atoms with Crippen LogP contribution >= 0.6 is 0 Å². The highest BCUT2D eigenvalue weighted by Crippen LogP contribution is 2.19. The molecule has 2 amide bonds. The number of benzene rings is 1. The monoisotopic (exact) mass is 316 g/mol. The van der Waals surface area contributed by atoms with Crippen LogP contribution in [-0.4, -0.2) is 35.8 Å². The van der Waals surface area contributed by atoms with Crippen molar-refractivity contribution < 1.29 is 9.59 Å². The van der Waals surface area contributed by atoms with Gasteiger partial charge in [0.25, 0.3) is 0 Å². The van der Waals surface area contributed by atoms with Gasteiger partial charge >= 0.3 is 0 Å². The zero-order chi connectivity index (χ0) is 16.8. The summed E-state index contributed by atoms with van der Waals surface area (Å²) in [5.41, 5.74) is 1.15. The molecule has 1 fully saturated rings. The lowest BCUT2D eigenvalue weighted by atomic mass is 9.96. The third kappa shape index (κ3) is 4.81. The van der Waals surface area contributed by atoms with Crippen LogP contribution in [0.15, 0.2) is 30.3 Å². The summed E-state index contributed by atoms with van der Waals surface area (Å²) >= 11 is 0. The number of hydrogen-bond acceptors (Lipinski definition) is 2. The van der Waals surface area contributed by atoms with E-state index in [0.717, 1.165) is 31.5 Å². The standard InChI is InChI=1S/C19H28N2O2/c1-14(2)18(19(23)21-11-7-8-12-21)20-17(22)13-15(3)16-9-5-4-6-10-16/h4-6,9-10,14-15,18H,7-8,11-13H2,1-3H3,(H,20,22)/t15?,18-/m0/s1. The van der Waals surface area contributed by atoms with Crippen molar-refractivity contribution in [1.29, 1.82) is 0 Å².